The van der Waals surface area contributed by atoms with Crippen molar-refractivity contribution in [2.24, 2.45) is 29.1 Å². The summed E-state index contributed by atoms with van der Waals surface area (Å²) in [7, 11) is 0. The first kappa shape index (κ1) is 16.1. The molecule has 4 aliphatic rings. The Labute approximate surface area is 146 Å². The molecule has 1 N–H and O–H groups in total. The summed E-state index contributed by atoms with van der Waals surface area (Å²) in [6.07, 6.45) is 24.7. The zero-order chi connectivity index (χ0) is 16.9. The average Bonchev–Trinajstić information content (AvgIpc) is 2.94. The second-order valence-corrected chi connectivity index (χ2v) is 8.42. The van der Waals surface area contributed by atoms with Crippen molar-refractivity contribution in [1.29, 1.82) is 0 Å². The number of rotatable bonds is 1. The van der Waals surface area contributed by atoms with Gasteiger partial charge in [-0.15, -0.1) is 12.8 Å². The predicted octanol–water partition coefficient (Wildman–Crippen LogP) is 4.48. The second kappa shape index (κ2) is 5.54. The van der Waals surface area contributed by atoms with Gasteiger partial charge in [0, 0.05) is 11.0 Å². The van der Waals surface area contributed by atoms with Crippen LogP contribution in [0.5, 0.6) is 0 Å². The van der Waals surface area contributed by atoms with Crippen LogP contribution in [0, 0.1) is 53.8 Å². The summed E-state index contributed by atoms with van der Waals surface area (Å²) in [6.45, 7) is 2.23. The standard InChI is InChI=1S/C23H28O/c1-4-16-7-9-18-17(15-16)8-10-20-19(18)11-13-22(5-2)21(20)12-14-23(22,24)6-3/h1,3,8,15,18-21,24H,5,7,9-14H2,2H3. The van der Waals surface area contributed by atoms with Gasteiger partial charge >= 0.3 is 0 Å². The Kier molecular flexibility index (Phi) is 3.71. The van der Waals surface area contributed by atoms with Crippen molar-refractivity contribution in [1.82, 2.24) is 0 Å². The largest absolute Gasteiger partial charge is 0.377 e. The van der Waals surface area contributed by atoms with Gasteiger partial charge in [0.15, 0.2) is 0 Å². The Balaban J connectivity index is 1.69. The van der Waals surface area contributed by atoms with Gasteiger partial charge in [0.2, 0.25) is 0 Å². The van der Waals surface area contributed by atoms with E-state index in [4.69, 9.17) is 12.8 Å². The molecule has 0 aliphatic heterocycles. The van der Waals surface area contributed by atoms with Crippen LogP contribution in [0.1, 0.15) is 58.3 Å². The lowest BCUT2D eigenvalue weighted by Gasteiger charge is -2.55. The molecule has 0 aromatic carbocycles. The van der Waals surface area contributed by atoms with Gasteiger partial charge in [-0.05, 0) is 86.7 Å². The molecule has 0 radical (unpaired) electrons. The Hall–Kier alpha value is -1.44. The van der Waals surface area contributed by atoms with Crippen molar-refractivity contribution < 1.29 is 5.11 Å². The maximum Gasteiger partial charge on any atom is 0.131 e. The minimum absolute atomic E-state index is 0.0528. The molecule has 4 aliphatic carbocycles. The van der Waals surface area contributed by atoms with Crippen molar-refractivity contribution in [3.8, 4) is 24.7 Å². The van der Waals surface area contributed by atoms with Crippen LogP contribution >= 0.6 is 0 Å². The van der Waals surface area contributed by atoms with Crippen molar-refractivity contribution in [3.63, 3.8) is 0 Å². The van der Waals surface area contributed by atoms with Gasteiger partial charge in [-0.25, -0.2) is 0 Å². The number of hydrogen-bond donors (Lipinski definition) is 1. The predicted molar refractivity (Wildman–Crippen MR) is 97.8 cm³/mol. The van der Waals surface area contributed by atoms with E-state index in [-0.39, 0.29) is 5.41 Å². The van der Waals surface area contributed by atoms with Gasteiger partial charge in [-0.2, -0.15) is 0 Å². The summed E-state index contributed by atoms with van der Waals surface area (Å²) in [5, 5.41) is 11.2. The zero-order valence-electron chi connectivity index (χ0n) is 14.7. The van der Waals surface area contributed by atoms with Crippen LogP contribution in [0.15, 0.2) is 23.3 Å². The third-order valence-electron chi connectivity index (χ3n) is 8.03. The highest BCUT2D eigenvalue weighted by atomic mass is 16.3. The average molecular weight is 320 g/mol. The molecule has 0 spiro atoms. The van der Waals surface area contributed by atoms with Gasteiger partial charge in [0.25, 0.3) is 0 Å². The lowest BCUT2D eigenvalue weighted by molar-refractivity contribution is -0.0943. The Morgan fingerprint density at radius 1 is 1.21 bits per heavy atom. The molecule has 0 amide bonds. The molecule has 0 bridgehead atoms. The fourth-order valence-corrected chi connectivity index (χ4v) is 6.85. The third kappa shape index (κ3) is 1.95. The Morgan fingerprint density at radius 3 is 2.75 bits per heavy atom. The number of terminal acetylenes is 2. The highest BCUT2D eigenvalue weighted by molar-refractivity contribution is 5.40. The molecule has 4 rings (SSSR count). The van der Waals surface area contributed by atoms with Crippen LogP contribution in [0.2, 0.25) is 0 Å². The minimum Gasteiger partial charge on any atom is -0.377 e. The van der Waals surface area contributed by atoms with E-state index in [1.807, 2.05) is 0 Å². The van der Waals surface area contributed by atoms with Gasteiger partial charge in [-0.3, -0.25) is 0 Å². The maximum atomic E-state index is 11.2. The van der Waals surface area contributed by atoms with Crippen molar-refractivity contribution >= 4 is 0 Å². The summed E-state index contributed by atoms with van der Waals surface area (Å²) in [5.74, 6) is 8.35. The van der Waals surface area contributed by atoms with E-state index in [0.29, 0.717) is 17.8 Å². The van der Waals surface area contributed by atoms with E-state index < -0.39 is 5.60 Å². The molecule has 0 aromatic heterocycles. The third-order valence-corrected chi connectivity index (χ3v) is 8.03. The highest BCUT2D eigenvalue weighted by Gasteiger charge is 2.63. The molecule has 1 heteroatoms. The first-order valence-corrected chi connectivity index (χ1v) is 9.66. The van der Waals surface area contributed by atoms with Crippen molar-refractivity contribution in [3.05, 3.63) is 23.3 Å². The van der Waals surface area contributed by atoms with Crippen LogP contribution in [0.4, 0.5) is 0 Å². The quantitative estimate of drug-likeness (QED) is 0.706. The normalized spacial score (nSPS) is 46.5. The number of fused-ring (bicyclic) bond motifs is 5. The lowest BCUT2D eigenvalue weighted by Crippen LogP contribution is -2.53. The topological polar surface area (TPSA) is 20.2 Å². The monoisotopic (exact) mass is 320 g/mol. The molecular formula is C23H28O. The van der Waals surface area contributed by atoms with Crippen molar-refractivity contribution in [2.75, 3.05) is 0 Å². The Morgan fingerprint density at radius 2 is 2.04 bits per heavy atom. The zero-order valence-corrected chi connectivity index (χ0v) is 14.7. The Bertz CT molecular complexity index is 684. The smallest absolute Gasteiger partial charge is 0.131 e. The molecule has 0 heterocycles. The fraction of sp³-hybridized carbons (Fsp3) is 0.652. The number of aliphatic hydroxyl groups is 1. The molecule has 24 heavy (non-hydrogen) atoms. The van der Waals surface area contributed by atoms with E-state index in [0.717, 1.165) is 50.0 Å². The van der Waals surface area contributed by atoms with E-state index >= 15 is 0 Å². The van der Waals surface area contributed by atoms with Crippen LogP contribution in [-0.4, -0.2) is 10.7 Å². The highest BCUT2D eigenvalue weighted by Crippen LogP contribution is 2.65. The first-order valence-electron chi connectivity index (χ1n) is 9.66. The first-order chi connectivity index (χ1) is 11.6. The fourth-order valence-electron chi connectivity index (χ4n) is 6.85. The second-order valence-electron chi connectivity index (χ2n) is 8.42. The number of allylic oxidation sites excluding steroid dienone is 4. The van der Waals surface area contributed by atoms with Crippen LogP contribution < -0.4 is 0 Å². The number of hydrogen-bond acceptors (Lipinski definition) is 1. The van der Waals surface area contributed by atoms with Crippen LogP contribution in [-0.2, 0) is 0 Å². The van der Waals surface area contributed by atoms with Gasteiger partial charge in [-0.1, -0.05) is 24.8 Å². The molecule has 2 saturated carbocycles. The van der Waals surface area contributed by atoms with Gasteiger partial charge < -0.3 is 5.11 Å². The molecule has 126 valence electrons. The van der Waals surface area contributed by atoms with Crippen LogP contribution in [0.3, 0.4) is 0 Å². The SMILES string of the molecule is C#CC1=CC2=CCC3C(CCC4(CC)C3CCC4(O)C#C)C2CC1. The summed E-state index contributed by atoms with van der Waals surface area (Å²) in [5.41, 5.74) is 1.72. The van der Waals surface area contributed by atoms with E-state index in [9.17, 15) is 5.11 Å². The summed E-state index contributed by atoms with van der Waals surface area (Å²) < 4.78 is 0. The molecule has 6 unspecified atom stereocenters. The molecule has 2 fully saturated rings. The lowest BCUT2D eigenvalue weighted by atomic mass is 9.50. The van der Waals surface area contributed by atoms with E-state index in [1.165, 1.54) is 18.4 Å². The molecule has 0 saturated heterocycles. The molecule has 0 aromatic rings. The summed E-state index contributed by atoms with van der Waals surface area (Å²) >= 11 is 0. The van der Waals surface area contributed by atoms with E-state index in [1.54, 1.807) is 0 Å². The molecule has 1 nitrogen and oxygen atoms in total. The molecular weight excluding hydrogens is 292 g/mol. The van der Waals surface area contributed by atoms with Crippen molar-refractivity contribution in [2.45, 2.75) is 63.9 Å². The van der Waals surface area contributed by atoms with E-state index in [2.05, 4.69) is 30.9 Å². The maximum absolute atomic E-state index is 11.2. The molecule has 6 atom stereocenters. The van der Waals surface area contributed by atoms with Gasteiger partial charge in [0.1, 0.15) is 5.60 Å². The summed E-state index contributed by atoms with van der Waals surface area (Å²) in [4.78, 5) is 0. The summed E-state index contributed by atoms with van der Waals surface area (Å²) in [6, 6.07) is 0. The minimum atomic E-state index is -0.884. The van der Waals surface area contributed by atoms with Crippen LogP contribution in [0.25, 0.3) is 0 Å². The van der Waals surface area contributed by atoms with Gasteiger partial charge in [0.05, 0.1) is 0 Å².